The van der Waals surface area contributed by atoms with Crippen LogP contribution in [0.2, 0.25) is 0 Å². The molecular weight excluding hydrogens is 462 g/mol. The number of nitrogens with zero attached hydrogens (tertiary/aromatic N) is 1. The molecule has 1 aliphatic carbocycles. The van der Waals surface area contributed by atoms with Gasteiger partial charge in [-0.25, -0.2) is 9.59 Å². The van der Waals surface area contributed by atoms with Gasteiger partial charge in [0.05, 0.1) is 11.1 Å². The first-order chi connectivity index (χ1) is 17.2. The van der Waals surface area contributed by atoms with Gasteiger partial charge in [0.1, 0.15) is 17.1 Å². The number of carboxylic acid groups (broad SMARTS) is 2. The summed E-state index contributed by atoms with van der Waals surface area (Å²) in [6.45, 7) is 0. The van der Waals surface area contributed by atoms with E-state index in [1.165, 1.54) is 24.3 Å². The molecule has 0 atom stereocenters. The minimum Gasteiger partial charge on any atom is -0.508 e. The predicted molar refractivity (Wildman–Crippen MR) is 135 cm³/mol. The molecule has 0 spiro atoms. The molecule has 8 nitrogen and oxygen atoms in total. The highest BCUT2D eigenvalue weighted by Gasteiger charge is 2.26. The number of anilines is 2. The maximum atomic E-state index is 12.2. The van der Waals surface area contributed by atoms with E-state index in [4.69, 9.17) is 4.42 Å². The highest BCUT2D eigenvalue weighted by molar-refractivity contribution is 6.12. The van der Waals surface area contributed by atoms with Crippen molar-refractivity contribution in [3.8, 4) is 28.2 Å². The maximum absolute atomic E-state index is 12.2. The Balaban J connectivity index is 1.82. The zero-order valence-corrected chi connectivity index (χ0v) is 18.9. The van der Waals surface area contributed by atoms with E-state index in [0.717, 1.165) is 11.4 Å². The summed E-state index contributed by atoms with van der Waals surface area (Å²) in [6, 6.07) is 20.5. The number of carbonyl (C=O) groups is 2. The molecule has 3 aromatic rings. The highest BCUT2D eigenvalue weighted by Crippen LogP contribution is 2.43. The molecule has 3 N–H and O–H groups in total. The first-order valence-electron chi connectivity index (χ1n) is 10.9. The van der Waals surface area contributed by atoms with Crippen LogP contribution in [-0.4, -0.2) is 34.3 Å². The second-order valence-electron chi connectivity index (χ2n) is 8.23. The summed E-state index contributed by atoms with van der Waals surface area (Å²) in [5.41, 5.74) is 2.07. The molecule has 0 amide bonds. The summed E-state index contributed by atoms with van der Waals surface area (Å²) >= 11 is 0. The van der Waals surface area contributed by atoms with Gasteiger partial charge < -0.3 is 24.6 Å². The summed E-state index contributed by atoms with van der Waals surface area (Å²) in [5.74, 6) is -2.35. The van der Waals surface area contributed by atoms with Crippen molar-refractivity contribution in [2.45, 2.75) is 0 Å². The van der Waals surface area contributed by atoms with Crippen molar-refractivity contribution in [1.29, 1.82) is 0 Å². The van der Waals surface area contributed by atoms with Gasteiger partial charge >= 0.3 is 11.9 Å². The van der Waals surface area contributed by atoms with Crippen molar-refractivity contribution in [3.05, 3.63) is 100 Å². The number of rotatable bonds is 5. The Kier molecular flexibility index (Phi) is 5.41. The molecule has 8 heteroatoms. The quantitative estimate of drug-likeness (QED) is 0.283. The lowest BCUT2D eigenvalue weighted by Gasteiger charge is -2.22. The Morgan fingerprint density at radius 2 is 1.53 bits per heavy atom. The number of phenolic OH excluding ortho intramolecular Hbond substituents is 1. The van der Waals surface area contributed by atoms with Crippen LogP contribution < -0.4 is 10.3 Å². The molecule has 0 saturated heterocycles. The normalized spacial score (nSPS) is 11.0. The van der Waals surface area contributed by atoms with Crippen LogP contribution in [0.1, 0.15) is 20.7 Å². The SMILES string of the molecule is CN(c1ccc(O)cc1)c1ccc2c(-c3cccc(C(=O)O)c3C(=O)O)c3ccc(=O)cc-3oc2c1. The zero-order valence-electron chi connectivity index (χ0n) is 18.9. The molecule has 2 aliphatic rings. The van der Waals surface area contributed by atoms with Gasteiger partial charge in [-0.05, 0) is 60.2 Å². The van der Waals surface area contributed by atoms with Crippen molar-refractivity contribution in [3.63, 3.8) is 0 Å². The Morgan fingerprint density at radius 1 is 0.806 bits per heavy atom. The molecule has 0 fully saturated rings. The largest absolute Gasteiger partial charge is 0.508 e. The number of benzene rings is 4. The van der Waals surface area contributed by atoms with Gasteiger partial charge in [0, 0.05) is 47.1 Å². The van der Waals surface area contributed by atoms with Crippen LogP contribution in [0.4, 0.5) is 11.4 Å². The fourth-order valence-corrected chi connectivity index (χ4v) is 4.35. The molecule has 1 aliphatic heterocycles. The van der Waals surface area contributed by atoms with Crippen LogP contribution >= 0.6 is 0 Å². The van der Waals surface area contributed by atoms with Gasteiger partial charge in [0.15, 0.2) is 5.43 Å². The van der Waals surface area contributed by atoms with Gasteiger partial charge in [0.2, 0.25) is 0 Å². The van der Waals surface area contributed by atoms with Gasteiger partial charge in [-0.2, -0.15) is 0 Å². The second-order valence-corrected chi connectivity index (χ2v) is 8.23. The van der Waals surface area contributed by atoms with E-state index in [-0.39, 0.29) is 33.6 Å². The van der Waals surface area contributed by atoms with Crippen LogP contribution in [0.15, 0.2) is 88.1 Å². The Bertz CT molecular complexity index is 1690. The molecule has 1 heterocycles. The topological polar surface area (TPSA) is 128 Å². The summed E-state index contributed by atoms with van der Waals surface area (Å²) in [5, 5.41) is 29.7. The van der Waals surface area contributed by atoms with Crippen LogP contribution in [0.3, 0.4) is 0 Å². The van der Waals surface area contributed by atoms with E-state index in [0.29, 0.717) is 22.1 Å². The monoisotopic (exact) mass is 481 g/mol. The molecule has 3 aromatic carbocycles. The van der Waals surface area contributed by atoms with Crippen LogP contribution in [0.25, 0.3) is 33.4 Å². The van der Waals surface area contributed by atoms with Crippen molar-refractivity contribution in [2.75, 3.05) is 11.9 Å². The number of phenols is 1. The highest BCUT2D eigenvalue weighted by atomic mass is 16.4. The Hall–Kier alpha value is -5.11. The molecule has 36 heavy (non-hydrogen) atoms. The van der Waals surface area contributed by atoms with Crippen molar-refractivity contribution in [2.24, 2.45) is 0 Å². The molecule has 178 valence electrons. The minimum atomic E-state index is -1.38. The van der Waals surface area contributed by atoms with Crippen molar-refractivity contribution >= 4 is 34.3 Å². The summed E-state index contributed by atoms with van der Waals surface area (Å²) in [6.07, 6.45) is 0. The number of aromatic hydroxyl groups is 1. The second kappa shape index (κ2) is 8.59. The number of hydrogen-bond donors (Lipinski definition) is 3. The van der Waals surface area contributed by atoms with E-state index in [1.807, 2.05) is 18.0 Å². The molecule has 0 saturated carbocycles. The third-order valence-electron chi connectivity index (χ3n) is 6.08. The lowest BCUT2D eigenvalue weighted by Crippen LogP contribution is -2.11. The fourth-order valence-electron chi connectivity index (χ4n) is 4.35. The van der Waals surface area contributed by atoms with Gasteiger partial charge in [-0.3, -0.25) is 4.79 Å². The zero-order chi connectivity index (χ0) is 25.6. The van der Waals surface area contributed by atoms with Crippen LogP contribution in [0.5, 0.6) is 5.75 Å². The Labute approximate surface area is 204 Å². The van der Waals surface area contributed by atoms with E-state index in [1.54, 1.807) is 48.5 Å². The van der Waals surface area contributed by atoms with Gasteiger partial charge in [0.25, 0.3) is 0 Å². The van der Waals surface area contributed by atoms with Gasteiger partial charge in [-0.15, -0.1) is 0 Å². The lowest BCUT2D eigenvalue weighted by atomic mass is 9.88. The number of fused-ring (bicyclic) bond motifs is 2. The number of hydrogen-bond acceptors (Lipinski definition) is 6. The first-order valence-corrected chi connectivity index (χ1v) is 10.9. The maximum Gasteiger partial charge on any atom is 0.337 e. The van der Waals surface area contributed by atoms with E-state index < -0.39 is 11.9 Å². The van der Waals surface area contributed by atoms with Crippen molar-refractivity contribution < 1.29 is 29.3 Å². The molecule has 0 aromatic heterocycles. The standard InChI is InChI=1S/C28H19NO7/c1-29(15-5-8-17(30)9-6-15)16-7-11-19-23(13-16)36-24-14-18(31)10-12-20(24)25(19)21-3-2-4-22(27(32)33)26(21)28(34)35/h2-14,30H,1H3,(H,32,33)(H,34,35). The van der Waals surface area contributed by atoms with Crippen LogP contribution in [-0.2, 0) is 0 Å². The molecule has 0 bridgehead atoms. The Morgan fingerprint density at radius 3 is 2.22 bits per heavy atom. The minimum absolute atomic E-state index is 0.142. The van der Waals surface area contributed by atoms with E-state index in [9.17, 15) is 29.7 Å². The summed E-state index contributed by atoms with van der Waals surface area (Å²) < 4.78 is 6.08. The first kappa shape index (κ1) is 22.7. The fraction of sp³-hybridized carbons (Fsp3) is 0.0357. The summed E-state index contributed by atoms with van der Waals surface area (Å²) in [4.78, 5) is 38.0. The van der Waals surface area contributed by atoms with E-state index >= 15 is 0 Å². The molecule has 5 rings (SSSR count). The number of carboxylic acids is 2. The lowest BCUT2D eigenvalue weighted by molar-refractivity contribution is 0.0652. The smallest absolute Gasteiger partial charge is 0.337 e. The average molecular weight is 481 g/mol. The average Bonchev–Trinajstić information content (AvgIpc) is 2.86. The summed E-state index contributed by atoms with van der Waals surface area (Å²) in [7, 11) is 1.84. The number of aromatic carboxylic acids is 2. The third-order valence-corrected chi connectivity index (χ3v) is 6.08. The van der Waals surface area contributed by atoms with Crippen molar-refractivity contribution in [1.82, 2.24) is 0 Å². The van der Waals surface area contributed by atoms with Gasteiger partial charge in [-0.1, -0.05) is 12.1 Å². The van der Waals surface area contributed by atoms with E-state index in [2.05, 4.69) is 0 Å². The molecule has 0 unspecified atom stereocenters. The predicted octanol–water partition coefficient (Wildman–Crippen LogP) is 5.43. The molecular formula is C28H19NO7. The molecule has 0 radical (unpaired) electrons. The third kappa shape index (κ3) is 3.80. The van der Waals surface area contributed by atoms with Crippen LogP contribution in [0, 0.1) is 0 Å².